The minimum atomic E-state index is 0.0872. The Bertz CT molecular complexity index is 2130. The van der Waals surface area contributed by atoms with E-state index in [4.69, 9.17) is 0 Å². The van der Waals surface area contributed by atoms with Gasteiger partial charge in [-0.3, -0.25) is 4.79 Å². The average Bonchev–Trinajstić information content (AvgIpc) is 3.17. The Balaban J connectivity index is 1.55. The highest BCUT2D eigenvalue weighted by atomic mass is 16.1. The Morgan fingerprint density at radius 3 is 2.02 bits per heavy atom. The second kappa shape index (κ2) is 9.82. The monoisotopic (exact) mass is 538 g/mol. The lowest BCUT2D eigenvalue weighted by molar-refractivity contribution is 0.101. The van der Waals surface area contributed by atoms with E-state index in [9.17, 15) is 4.79 Å². The summed E-state index contributed by atoms with van der Waals surface area (Å²) in [6.45, 7) is 1.66. The van der Waals surface area contributed by atoms with E-state index in [1.54, 1.807) is 6.92 Å². The van der Waals surface area contributed by atoms with E-state index >= 15 is 0 Å². The Morgan fingerprint density at radius 1 is 0.548 bits per heavy atom. The minimum absolute atomic E-state index is 0.0872. The van der Waals surface area contributed by atoms with Crippen LogP contribution < -0.4 is 0 Å². The highest BCUT2D eigenvalue weighted by Crippen LogP contribution is 2.57. The summed E-state index contributed by atoms with van der Waals surface area (Å²) in [5.41, 5.74) is 13.2. The molecule has 8 rings (SSSR count). The summed E-state index contributed by atoms with van der Waals surface area (Å²) >= 11 is 0. The summed E-state index contributed by atoms with van der Waals surface area (Å²) in [4.78, 5) is 12.7. The van der Waals surface area contributed by atoms with Crippen LogP contribution in [0.5, 0.6) is 0 Å². The van der Waals surface area contributed by atoms with Gasteiger partial charge in [0.05, 0.1) is 0 Å². The molecule has 0 radical (unpaired) electrons. The van der Waals surface area contributed by atoms with E-state index in [0.717, 1.165) is 29.5 Å². The lowest BCUT2D eigenvalue weighted by atomic mass is 9.82. The zero-order valence-corrected chi connectivity index (χ0v) is 23.7. The molecular weight excluding hydrogens is 508 g/mol. The number of rotatable bonds is 4. The molecule has 6 aromatic carbocycles. The molecule has 0 unspecified atom stereocenters. The summed E-state index contributed by atoms with van der Waals surface area (Å²) in [5.74, 6) is 0.0872. The van der Waals surface area contributed by atoms with Crippen LogP contribution in [0.1, 0.15) is 42.1 Å². The van der Waals surface area contributed by atoms with Crippen molar-refractivity contribution >= 4 is 32.9 Å². The normalized spacial score (nSPS) is 13.7. The smallest absolute Gasteiger partial charge is 0.160 e. The van der Waals surface area contributed by atoms with Gasteiger partial charge in [0, 0.05) is 5.56 Å². The number of benzene rings is 6. The maximum atomic E-state index is 12.7. The molecule has 0 saturated carbocycles. The van der Waals surface area contributed by atoms with Crippen molar-refractivity contribution in [2.75, 3.05) is 0 Å². The standard InChI is InChI=1S/C41H30O/c1-26(42)29-18-9-10-19-30(29)31-24-25-36-39-32(31)22-13-23-35(39)40-37(28-16-7-4-8-17-28)33-20-11-12-21-34(33)38(41(36)40)27-14-5-2-3-6-15-27/h4-5,7-25H,2-3,6H2,1H3. The van der Waals surface area contributed by atoms with Crippen molar-refractivity contribution in [1.82, 2.24) is 0 Å². The van der Waals surface area contributed by atoms with Crippen molar-refractivity contribution in [3.05, 3.63) is 139 Å². The third kappa shape index (κ3) is 3.67. The van der Waals surface area contributed by atoms with Gasteiger partial charge in [-0.05, 0) is 103 Å². The van der Waals surface area contributed by atoms with Gasteiger partial charge in [-0.15, -0.1) is 0 Å². The Kier molecular flexibility index (Phi) is 5.79. The molecule has 0 spiro atoms. The van der Waals surface area contributed by atoms with E-state index in [0.29, 0.717) is 0 Å². The highest BCUT2D eigenvalue weighted by molar-refractivity contribution is 6.27. The molecule has 2 aliphatic carbocycles. The van der Waals surface area contributed by atoms with Crippen LogP contribution in [-0.4, -0.2) is 5.78 Å². The predicted octanol–water partition coefficient (Wildman–Crippen LogP) is 11.3. The van der Waals surface area contributed by atoms with Crippen LogP contribution in [0.3, 0.4) is 0 Å². The third-order valence-electron chi connectivity index (χ3n) is 8.98. The predicted molar refractivity (Wildman–Crippen MR) is 178 cm³/mol. The van der Waals surface area contributed by atoms with Gasteiger partial charge in [0.25, 0.3) is 0 Å². The van der Waals surface area contributed by atoms with E-state index in [1.165, 1.54) is 72.5 Å². The lowest BCUT2D eigenvalue weighted by Gasteiger charge is -2.21. The Morgan fingerprint density at radius 2 is 1.19 bits per heavy atom. The summed E-state index contributed by atoms with van der Waals surface area (Å²) in [6.07, 6.45) is 10.5. The first-order chi connectivity index (χ1) is 20.7. The van der Waals surface area contributed by atoms with E-state index in [-0.39, 0.29) is 5.78 Å². The number of fused-ring (bicyclic) bond motifs is 4. The summed E-state index contributed by atoms with van der Waals surface area (Å²) in [6, 6.07) is 39.0. The van der Waals surface area contributed by atoms with Crippen molar-refractivity contribution < 1.29 is 4.79 Å². The molecule has 0 aromatic heterocycles. The van der Waals surface area contributed by atoms with Gasteiger partial charge in [-0.25, -0.2) is 0 Å². The second-order valence-corrected chi connectivity index (χ2v) is 11.4. The van der Waals surface area contributed by atoms with Crippen LogP contribution >= 0.6 is 0 Å². The number of carbonyl (C=O) groups is 1. The fraction of sp³-hybridized carbons (Fsp3) is 0.0976. The van der Waals surface area contributed by atoms with Crippen LogP contribution in [0.15, 0.2) is 127 Å². The van der Waals surface area contributed by atoms with Crippen molar-refractivity contribution in [1.29, 1.82) is 0 Å². The van der Waals surface area contributed by atoms with Crippen LogP contribution in [0.2, 0.25) is 0 Å². The van der Waals surface area contributed by atoms with Gasteiger partial charge in [0.1, 0.15) is 0 Å². The van der Waals surface area contributed by atoms with Crippen LogP contribution in [0.25, 0.3) is 71.6 Å². The summed E-state index contributed by atoms with van der Waals surface area (Å²) in [7, 11) is 0. The zero-order valence-electron chi connectivity index (χ0n) is 23.7. The number of ketones is 1. The molecule has 200 valence electrons. The fourth-order valence-electron chi connectivity index (χ4n) is 7.22. The van der Waals surface area contributed by atoms with Crippen LogP contribution in [0, 0.1) is 0 Å². The fourth-order valence-corrected chi connectivity index (χ4v) is 7.22. The molecule has 6 aromatic rings. The van der Waals surface area contributed by atoms with Crippen LogP contribution in [0.4, 0.5) is 0 Å². The molecule has 1 heteroatoms. The molecule has 0 saturated heterocycles. The van der Waals surface area contributed by atoms with Crippen LogP contribution in [-0.2, 0) is 0 Å². The third-order valence-corrected chi connectivity index (χ3v) is 8.98. The van der Waals surface area contributed by atoms with E-state index in [1.807, 2.05) is 18.2 Å². The molecule has 2 aliphatic rings. The number of Topliss-reactive ketones (excluding diaryl/α,β-unsaturated/α-hetero) is 1. The van der Waals surface area contributed by atoms with Crippen molar-refractivity contribution in [3.63, 3.8) is 0 Å². The summed E-state index contributed by atoms with van der Waals surface area (Å²) in [5, 5.41) is 5.03. The molecule has 0 fully saturated rings. The average molecular weight is 539 g/mol. The Hall–Kier alpha value is -5.01. The van der Waals surface area contributed by atoms with Gasteiger partial charge in [0.15, 0.2) is 5.78 Å². The number of allylic oxidation sites excluding steroid dienone is 4. The minimum Gasteiger partial charge on any atom is -0.294 e. The highest BCUT2D eigenvalue weighted by Gasteiger charge is 2.31. The SMILES string of the molecule is CC(=O)c1ccccc1-c1ccc2c3c(cccc13)-c1c-2c(C2=CCCCC=C2)c2ccccc2c1-c1ccccc1. The Labute approximate surface area is 246 Å². The van der Waals surface area contributed by atoms with E-state index < -0.39 is 0 Å². The van der Waals surface area contributed by atoms with Crippen molar-refractivity contribution in [3.8, 4) is 44.5 Å². The van der Waals surface area contributed by atoms with Gasteiger partial charge in [-0.1, -0.05) is 127 Å². The van der Waals surface area contributed by atoms with Crippen molar-refractivity contribution in [2.45, 2.75) is 26.2 Å². The van der Waals surface area contributed by atoms with Crippen molar-refractivity contribution in [2.24, 2.45) is 0 Å². The zero-order chi connectivity index (χ0) is 28.2. The first-order valence-electron chi connectivity index (χ1n) is 14.9. The maximum Gasteiger partial charge on any atom is 0.160 e. The molecule has 42 heavy (non-hydrogen) atoms. The molecule has 0 atom stereocenters. The topological polar surface area (TPSA) is 17.1 Å². The second-order valence-electron chi connectivity index (χ2n) is 11.4. The molecular formula is C41H30O. The molecule has 0 heterocycles. The van der Waals surface area contributed by atoms with Gasteiger partial charge in [0.2, 0.25) is 0 Å². The molecule has 0 bridgehead atoms. The largest absolute Gasteiger partial charge is 0.294 e. The molecule has 1 nitrogen and oxygen atoms in total. The number of carbonyl (C=O) groups excluding carboxylic acids is 1. The first kappa shape index (κ1) is 24.8. The number of hydrogen-bond acceptors (Lipinski definition) is 1. The molecule has 0 amide bonds. The lowest BCUT2D eigenvalue weighted by Crippen LogP contribution is -1.96. The maximum absolute atomic E-state index is 12.7. The molecule has 0 N–H and O–H groups in total. The van der Waals surface area contributed by atoms with Gasteiger partial charge < -0.3 is 0 Å². The van der Waals surface area contributed by atoms with Gasteiger partial charge >= 0.3 is 0 Å². The molecule has 0 aliphatic heterocycles. The number of hydrogen-bond donors (Lipinski definition) is 0. The quantitative estimate of drug-likeness (QED) is 0.204. The first-order valence-corrected chi connectivity index (χ1v) is 14.9. The summed E-state index contributed by atoms with van der Waals surface area (Å²) < 4.78 is 0. The van der Waals surface area contributed by atoms with Gasteiger partial charge in [-0.2, -0.15) is 0 Å². The van der Waals surface area contributed by atoms with E-state index in [2.05, 4.69) is 109 Å².